The molecule has 0 bridgehead atoms. The Labute approximate surface area is 175 Å². The molecular weight excluding hydrogens is 382 g/mol. The maximum atomic E-state index is 13.0. The monoisotopic (exact) mass is 409 g/mol. The number of ether oxygens (including phenoxy) is 2. The summed E-state index contributed by atoms with van der Waals surface area (Å²) in [7, 11) is 3.16. The van der Waals surface area contributed by atoms with Crippen molar-refractivity contribution in [1.29, 1.82) is 0 Å². The van der Waals surface area contributed by atoms with Crippen molar-refractivity contribution in [3.8, 4) is 11.5 Å². The SMILES string of the molecule is COc1ccc(C(C)NC(=O)C(Cc2c[nH]c3ccccc23)NC(C)=O)c(OC)c1. The van der Waals surface area contributed by atoms with Crippen LogP contribution in [0.25, 0.3) is 10.9 Å². The number of hydrogen-bond acceptors (Lipinski definition) is 4. The molecule has 0 radical (unpaired) electrons. The number of nitrogens with one attached hydrogen (secondary N) is 3. The Hall–Kier alpha value is -3.48. The summed E-state index contributed by atoms with van der Waals surface area (Å²) in [5.41, 5.74) is 2.78. The highest BCUT2D eigenvalue weighted by atomic mass is 16.5. The van der Waals surface area contributed by atoms with Crippen molar-refractivity contribution < 1.29 is 19.1 Å². The summed E-state index contributed by atoms with van der Waals surface area (Å²) in [6.07, 6.45) is 2.25. The lowest BCUT2D eigenvalue weighted by Crippen LogP contribution is -2.48. The second-order valence-electron chi connectivity index (χ2n) is 7.15. The zero-order valence-corrected chi connectivity index (χ0v) is 17.6. The van der Waals surface area contributed by atoms with E-state index in [9.17, 15) is 9.59 Å². The minimum absolute atomic E-state index is 0.260. The number of H-pyrrole nitrogens is 1. The van der Waals surface area contributed by atoms with Gasteiger partial charge in [0, 0.05) is 42.1 Å². The van der Waals surface area contributed by atoms with E-state index in [4.69, 9.17) is 9.47 Å². The molecule has 2 unspecified atom stereocenters. The average Bonchev–Trinajstić information content (AvgIpc) is 3.15. The van der Waals surface area contributed by atoms with Gasteiger partial charge in [0.1, 0.15) is 17.5 Å². The molecule has 2 aromatic carbocycles. The normalized spacial score (nSPS) is 12.8. The summed E-state index contributed by atoms with van der Waals surface area (Å²) in [5.74, 6) is 0.768. The van der Waals surface area contributed by atoms with Gasteiger partial charge >= 0.3 is 0 Å². The second-order valence-corrected chi connectivity index (χ2v) is 7.15. The van der Waals surface area contributed by atoms with Crippen LogP contribution >= 0.6 is 0 Å². The molecule has 0 spiro atoms. The van der Waals surface area contributed by atoms with Gasteiger partial charge < -0.3 is 25.1 Å². The Bertz CT molecular complexity index is 1040. The summed E-state index contributed by atoms with van der Waals surface area (Å²) >= 11 is 0. The largest absolute Gasteiger partial charge is 0.497 e. The highest BCUT2D eigenvalue weighted by Crippen LogP contribution is 2.29. The van der Waals surface area contributed by atoms with Gasteiger partial charge in [-0.3, -0.25) is 9.59 Å². The molecule has 158 valence electrons. The van der Waals surface area contributed by atoms with Crippen molar-refractivity contribution in [2.24, 2.45) is 0 Å². The zero-order chi connectivity index (χ0) is 21.7. The summed E-state index contributed by atoms with van der Waals surface area (Å²) in [5, 5.41) is 6.79. The van der Waals surface area contributed by atoms with E-state index in [1.807, 2.05) is 49.5 Å². The van der Waals surface area contributed by atoms with Crippen molar-refractivity contribution in [2.75, 3.05) is 14.2 Å². The summed E-state index contributed by atoms with van der Waals surface area (Å²) < 4.78 is 10.7. The van der Waals surface area contributed by atoms with E-state index >= 15 is 0 Å². The number of aromatic nitrogens is 1. The number of carbonyl (C=O) groups excluding carboxylic acids is 2. The van der Waals surface area contributed by atoms with E-state index in [0.717, 1.165) is 22.0 Å². The molecular formula is C23H27N3O4. The van der Waals surface area contributed by atoms with Crippen LogP contribution in [-0.2, 0) is 16.0 Å². The third-order valence-corrected chi connectivity index (χ3v) is 5.06. The van der Waals surface area contributed by atoms with Gasteiger partial charge in [0.25, 0.3) is 0 Å². The molecule has 3 N–H and O–H groups in total. The van der Waals surface area contributed by atoms with Crippen molar-refractivity contribution in [1.82, 2.24) is 15.6 Å². The molecule has 7 nitrogen and oxygen atoms in total. The third-order valence-electron chi connectivity index (χ3n) is 5.06. The highest BCUT2D eigenvalue weighted by Gasteiger charge is 2.24. The Kier molecular flexibility index (Phi) is 6.61. The first-order chi connectivity index (χ1) is 14.4. The summed E-state index contributed by atoms with van der Waals surface area (Å²) in [6, 6.07) is 12.3. The molecule has 0 aliphatic rings. The van der Waals surface area contributed by atoms with Gasteiger partial charge in [0.2, 0.25) is 11.8 Å². The summed E-state index contributed by atoms with van der Waals surface area (Å²) in [6.45, 7) is 3.28. The third kappa shape index (κ3) is 4.74. The number of carbonyl (C=O) groups is 2. The Morgan fingerprint density at radius 2 is 1.83 bits per heavy atom. The minimum atomic E-state index is -0.701. The lowest BCUT2D eigenvalue weighted by Gasteiger charge is -2.22. The second kappa shape index (κ2) is 9.35. The first-order valence-electron chi connectivity index (χ1n) is 9.77. The number of rotatable bonds is 8. The number of benzene rings is 2. The number of aromatic amines is 1. The molecule has 30 heavy (non-hydrogen) atoms. The highest BCUT2D eigenvalue weighted by molar-refractivity contribution is 5.89. The van der Waals surface area contributed by atoms with E-state index in [-0.39, 0.29) is 17.9 Å². The molecule has 1 heterocycles. The van der Waals surface area contributed by atoms with Gasteiger partial charge in [-0.05, 0) is 30.7 Å². The first kappa shape index (κ1) is 21.2. The fraction of sp³-hybridized carbons (Fsp3) is 0.304. The fourth-order valence-electron chi connectivity index (χ4n) is 3.54. The number of fused-ring (bicyclic) bond motifs is 1. The minimum Gasteiger partial charge on any atom is -0.497 e. The lowest BCUT2D eigenvalue weighted by molar-refractivity contribution is -0.128. The number of para-hydroxylation sites is 1. The Balaban J connectivity index is 1.79. The fourth-order valence-corrected chi connectivity index (χ4v) is 3.54. The topological polar surface area (TPSA) is 92.5 Å². The van der Waals surface area contributed by atoms with E-state index in [0.29, 0.717) is 17.9 Å². The van der Waals surface area contributed by atoms with Crippen LogP contribution in [0.5, 0.6) is 11.5 Å². The molecule has 2 atom stereocenters. The summed E-state index contributed by atoms with van der Waals surface area (Å²) in [4.78, 5) is 28.0. The van der Waals surface area contributed by atoms with Crippen LogP contribution in [0, 0.1) is 0 Å². The van der Waals surface area contributed by atoms with Crippen LogP contribution < -0.4 is 20.1 Å². The van der Waals surface area contributed by atoms with E-state index in [1.165, 1.54) is 6.92 Å². The standard InChI is InChI=1S/C23H27N3O4/c1-14(18-10-9-17(29-3)12-22(18)30-4)25-23(28)21(26-15(2)27)11-16-13-24-20-8-6-5-7-19(16)20/h5-10,12-14,21,24H,11H2,1-4H3,(H,25,28)(H,26,27). The molecule has 0 aliphatic carbocycles. The van der Waals surface area contributed by atoms with Crippen molar-refractivity contribution in [3.05, 3.63) is 59.8 Å². The quantitative estimate of drug-likeness (QED) is 0.533. The van der Waals surface area contributed by atoms with Crippen LogP contribution in [0.3, 0.4) is 0 Å². The van der Waals surface area contributed by atoms with Crippen LogP contribution in [0.4, 0.5) is 0 Å². The van der Waals surface area contributed by atoms with Crippen molar-refractivity contribution in [3.63, 3.8) is 0 Å². The van der Waals surface area contributed by atoms with Crippen LogP contribution in [0.15, 0.2) is 48.7 Å². The van der Waals surface area contributed by atoms with Gasteiger partial charge in [-0.15, -0.1) is 0 Å². The smallest absolute Gasteiger partial charge is 0.243 e. The van der Waals surface area contributed by atoms with Gasteiger partial charge in [0.05, 0.1) is 20.3 Å². The van der Waals surface area contributed by atoms with Gasteiger partial charge in [0.15, 0.2) is 0 Å². The van der Waals surface area contributed by atoms with Crippen molar-refractivity contribution in [2.45, 2.75) is 32.4 Å². The van der Waals surface area contributed by atoms with Gasteiger partial charge in [-0.25, -0.2) is 0 Å². The molecule has 0 aliphatic heterocycles. The maximum absolute atomic E-state index is 13.0. The average molecular weight is 409 g/mol. The Morgan fingerprint density at radius 1 is 1.07 bits per heavy atom. The van der Waals surface area contributed by atoms with Crippen LogP contribution in [-0.4, -0.2) is 37.1 Å². The van der Waals surface area contributed by atoms with Gasteiger partial charge in [-0.2, -0.15) is 0 Å². The predicted octanol–water partition coefficient (Wildman–Crippen LogP) is 3.11. The maximum Gasteiger partial charge on any atom is 0.243 e. The molecule has 3 aromatic rings. The molecule has 3 rings (SSSR count). The van der Waals surface area contributed by atoms with Crippen LogP contribution in [0.2, 0.25) is 0 Å². The zero-order valence-electron chi connectivity index (χ0n) is 17.6. The molecule has 0 saturated heterocycles. The number of amides is 2. The number of methoxy groups -OCH3 is 2. The lowest BCUT2D eigenvalue weighted by atomic mass is 10.0. The molecule has 0 saturated carbocycles. The van der Waals surface area contributed by atoms with E-state index < -0.39 is 6.04 Å². The molecule has 1 aromatic heterocycles. The molecule has 2 amide bonds. The van der Waals surface area contributed by atoms with Crippen molar-refractivity contribution >= 4 is 22.7 Å². The predicted molar refractivity (Wildman–Crippen MR) is 116 cm³/mol. The van der Waals surface area contributed by atoms with Gasteiger partial charge in [-0.1, -0.05) is 18.2 Å². The molecule has 0 fully saturated rings. The van der Waals surface area contributed by atoms with E-state index in [1.54, 1.807) is 20.3 Å². The van der Waals surface area contributed by atoms with E-state index in [2.05, 4.69) is 15.6 Å². The first-order valence-corrected chi connectivity index (χ1v) is 9.77. The van der Waals surface area contributed by atoms with Crippen LogP contribution in [0.1, 0.15) is 31.0 Å². The number of hydrogen-bond donors (Lipinski definition) is 3. The molecule has 7 heteroatoms. The Morgan fingerprint density at radius 3 is 2.53 bits per heavy atom.